The topological polar surface area (TPSA) is 103 Å². The van der Waals surface area contributed by atoms with Gasteiger partial charge >= 0.3 is 11.9 Å². The van der Waals surface area contributed by atoms with Crippen LogP contribution >= 0.6 is 0 Å². The van der Waals surface area contributed by atoms with E-state index in [1.807, 2.05) is 19.1 Å². The van der Waals surface area contributed by atoms with Gasteiger partial charge in [-0.3, -0.25) is 4.79 Å². The quantitative estimate of drug-likeness (QED) is 0.751. The van der Waals surface area contributed by atoms with Crippen LogP contribution in [-0.4, -0.2) is 45.4 Å². The predicted molar refractivity (Wildman–Crippen MR) is 110 cm³/mol. The number of nitrogens with one attached hydrogen (secondary N) is 1. The molecule has 0 saturated carbocycles. The SMILES string of the molecule is COC(=O)C1=C(C(=O)OC)N(c2ccc3c(c2)C(=O)Nc2cc(C)ccc2O3)COC1. The number of aryl methyl sites for hydroxylation is 1. The van der Waals surface area contributed by atoms with Gasteiger partial charge in [0.1, 0.15) is 18.2 Å². The van der Waals surface area contributed by atoms with Gasteiger partial charge in [0.2, 0.25) is 0 Å². The van der Waals surface area contributed by atoms with Crippen molar-refractivity contribution in [2.75, 3.05) is 37.8 Å². The van der Waals surface area contributed by atoms with E-state index < -0.39 is 11.9 Å². The Hall–Kier alpha value is -3.85. The molecule has 0 spiro atoms. The van der Waals surface area contributed by atoms with Gasteiger partial charge < -0.3 is 29.2 Å². The maximum atomic E-state index is 12.9. The third kappa shape index (κ3) is 3.71. The average molecular weight is 424 g/mol. The summed E-state index contributed by atoms with van der Waals surface area (Å²) in [6.45, 7) is 1.79. The molecule has 9 nitrogen and oxygen atoms in total. The largest absolute Gasteiger partial charge is 0.466 e. The van der Waals surface area contributed by atoms with Crippen LogP contribution in [0, 0.1) is 6.92 Å². The van der Waals surface area contributed by atoms with Gasteiger partial charge in [-0.1, -0.05) is 6.07 Å². The summed E-state index contributed by atoms with van der Waals surface area (Å²) in [5, 5.41) is 2.84. The van der Waals surface area contributed by atoms with Crippen LogP contribution in [0.25, 0.3) is 0 Å². The Bertz CT molecular complexity index is 1120. The molecule has 1 N–H and O–H groups in total. The van der Waals surface area contributed by atoms with Crippen molar-refractivity contribution in [1.82, 2.24) is 0 Å². The van der Waals surface area contributed by atoms with Gasteiger partial charge in [-0.25, -0.2) is 9.59 Å². The lowest BCUT2D eigenvalue weighted by molar-refractivity contribution is -0.140. The van der Waals surface area contributed by atoms with E-state index in [4.69, 9.17) is 18.9 Å². The van der Waals surface area contributed by atoms with E-state index in [2.05, 4.69) is 5.32 Å². The Labute approximate surface area is 178 Å². The Morgan fingerprint density at radius 2 is 1.77 bits per heavy atom. The van der Waals surface area contributed by atoms with Crippen LogP contribution in [0.2, 0.25) is 0 Å². The highest BCUT2D eigenvalue weighted by molar-refractivity contribution is 6.09. The molecule has 4 rings (SSSR count). The monoisotopic (exact) mass is 424 g/mol. The maximum absolute atomic E-state index is 12.9. The fraction of sp³-hybridized carbons (Fsp3) is 0.227. The van der Waals surface area contributed by atoms with E-state index >= 15 is 0 Å². The number of hydrogen-bond donors (Lipinski definition) is 1. The van der Waals surface area contributed by atoms with Crippen molar-refractivity contribution in [2.45, 2.75) is 6.92 Å². The zero-order valence-corrected chi connectivity index (χ0v) is 17.2. The van der Waals surface area contributed by atoms with Crippen LogP contribution in [0.5, 0.6) is 11.5 Å². The molecule has 0 aliphatic carbocycles. The first-order valence-corrected chi connectivity index (χ1v) is 9.42. The lowest BCUT2D eigenvalue weighted by Crippen LogP contribution is -2.38. The molecule has 0 unspecified atom stereocenters. The molecule has 2 aliphatic heterocycles. The molecule has 31 heavy (non-hydrogen) atoms. The second-order valence-corrected chi connectivity index (χ2v) is 6.95. The number of anilines is 2. The zero-order chi connectivity index (χ0) is 22.1. The van der Waals surface area contributed by atoms with Gasteiger partial charge in [-0.2, -0.15) is 0 Å². The van der Waals surface area contributed by atoms with Crippen LogP contribution in [0.1, 0.15) is 15.9 Å². The highest BCUT2D eigenvalue weighted by Gasteiger charge is 2.33. The first-order chi connectivity index (χ1) is 14.9. The summed E-state index contributed by atoms with van der Waals surface area (Å²) in [4.78, 5) is 39.0. The Kier molecular flexibility index (Phi) is 5.35. The zero-order valence-electron chi connectivity index (χ0n) is 17.2. The molecule has 1 amide bonds. The third-order valence-electron chi connectivity index (χ3n) is 4.96. The number of carbonyl (C=O) groups excluding carboxylic acids is 3. The van der Waals surface area contributed by atoms with Crippen LogP contribution in [0.4, 0.5) is 11.4 Å². The maximum Gasteiger partial charge on any atom is 0.355 e. The lowest BCUT2D eigenvalue weighted by atomic mass is 10.1. The molecule has 160 valence electrons. The minimum Gasteiger partial charge on any atom is -0.466 e. The fourth-order valence-electron chi connectivity index (χ4n) is 3.44. The normalized spacial score (nSPS) is 15.2. The van der Waals surface area contributed by atoms with Gasteiger partial charge in [0.25, 0.3) is 5.91 Å². The van der Waals surface area contributed by atoms with Crippen molar-refractivity contribution < 1.29 is 33.3 Å². The molecule has 0 saturated heterocycles. The summed E-state index contributed by atoms with van der Waals surface area (Å²) in [6, 6.07) is 10.3. The van der Waals surface area contributed by atoms with Crippen LogP contribution in [0.3, 0.4) is 0 Å². The number of nitrogens with zero attached hydrogens (tertiary/aromatic N) is 1. The van der Waals surface area contributed by atoms with Gasteiger partial charge in [-0.15, -0.1) is 0 Å². The second kappa shape index (κ2) is 8.11. The summed E-state index contributed by atoms with van der Waals surface area (Å²) in [5.41, 5.74) is 2.27. The molecule has 0 radical (unpaired) electrons. The van der Waals surface area contributed by atoms with Crippen LogP contribution in [0.15, 0.2) is 47.7 Å². The molecule has 2 heterocycles. The number of fused-ring (bicyclic) bond motifs is 2. The van der Waals surface area contributed by atoms with E-state index in [1.165, 1.54) is 19.1 Å². The molecule has 0 aromatic heterocycles. The van der Waals surface area contributed by atoms with Gasteiger partial charge in [0, 0.05) is 5.69 Å². The second-order valence-electron chi connectivity index (χ2n) is 6.95. The Morgan fingerprint density at radius 3 is 2.52 bits per heavy atom. The number of amides is 1. The number of carbonyl (C=O) groups is 3. The molecule has 9 heteroatoms. The standard InChI is InChI=1S/C22H20N2O7/c1-12-4-6-18-16(8-12)23-20(25)14-9-13(5-7-17(14)31-18)24-11-30-10-15(21(26)28-2)19(24)22(27)29-3/h4-9H,10-11H2,1-3H3,(H,23,25). The molecular weight excluding hydrogens is 404 g/mol. The van der Waals surface area contributed by atoms with Crippen molar-refractivity contribution in [1.29, 1.82) is 0 Å². The van der Waals surface area contributed by atoms with Crippen molar-refractivity contribution in [2.24, 2.45) is 0 Å². The Morgan fingerprint density at radius 1 is 1.03 bits per heavy atom. The van der Waals surface area contributed by atoms with Crippen molar-refractivity contribution in [3.05, 3.63) is 58.8 Å². The molecule has 2 aromatic rings. The van der Waals surface area contributed by atoms with Crippen LogP contribution in [-0.2, 0) is 23.8 Å². The molecule has 0 fully saturated rings. The molecule has 2 aromatic carbocycles. The number of ether oxygens (including phenoxy) is 4. The molecule has 0 bridgehead atoms. The van der Waals surface area contributed by atoms with Gasteiger partial charge in [-0.05, 0) is 42.8 Å². The predicted octanol–water partition coefficient (Wildman–Crippen LogP) is 2.75. The Balaban J connectivity index is 1.77. The number of benzene rings is 2. The van der Waals surface area contributed by atoms with E-state index in [9.17, 15) is 14.4 Å². The lowest BCUT2D eigenvalue weighted by Gasteiger charge is -2.31. The van der Waals surface area contributed by atoms with E-state index in [1.54, 1.807) is 24.3 Å². The number of hydrogen-bond acceptors (Lipinski definition) is 8. The highest BCUT2D eigenvalue weighted by Crippen LogP contribution is 2.38. The van der Waals surface area contributed by atoms with Gasteiger partial charge in [0.05, 0.1) is 37.7 Å². The van der Waals surface area contributed by atoms with E-state index in [-0.39, 0.29) is 36.1 Å². The first-order valence-electron chi connectivity index (χ1n) is 9.42. The van der Waals surface area contributed by atoms with Crippen LogP contribution < -0.4 is 15.0 Å². The van der Waals surface area contributed by atoms with Gasteiger partial charge in [0.15, 0.2) is 5.75 Å². The van der Waals surface area contributed by atoms with E-state index in [0.717, 1.165) is 5.56 Å². The molecule has 2 aliphatic rings. The minimum absolute atomic E-state index is 0.00518. The van der Waals surface area contributed by atoms with Crippen molar-refractivity contribution in [3.8, 4) is 11.5 Å². The molecule has 0 atom stereocenters. The summed E-state index contributed by atoms with van der Waals surface area (Å²) in [7, 11) is 2.43. The smallest absolute Gasteiger partial charge is 0.355 e. The first kappa shape index (κ1) is 20.4. The van der Waals surface area contributed by atoms with Crippen molar-refractivity contribution >= 4 is 29.2 Å². The fourth-order valence-corrected chi connectivity index (χ4v) is 3.44. The summed E-state index contributed by atoms with van der Waals surface area (Å²) >= 11 is 0. The highest BCUT2D eigenvalue weighted by atomic mass is 16.5. The summed E-state index contributed by atoms with van der Waals surface area (Å²) in [6.07, 6.45) is 0. The molecular formula is C22H20N2O7. The summed E-state index contributed by atoms with van der Waals surface area (Å²) in [5.74, 6) is -0.904. The minimum atomic E-state index is -0.720. The summed E-state index contributed by atoms with van der Waals surface area (Å²) < 4.78 is 21.1. The number of rotatable bonds is 3. The number of methoxy groups -OCH3 is 2. The van der Waals surface area contributed by atoms with E-state index in [0.29, 0.717) is 22.9 Å². The number of esters is 2. The average Bonchev–Trinajstić information content (AvgIpc) is 2.92. The third-order valence-corrected chi connectivity index (χ3v) is 4.96. The van der Waals surface area contributed by atoms with Crippen molar-refractivity contribution in [3.63, 3.8) is 0 Å².